The van der Waals surface area contributed by atoms with Crippen molar-refractivity contribution < 1.29 is 0 Å². The third-order valence-electron chi connectivity index (χ3n) is 3.40. The van der Waals surface area contributed by atoms with Crippen molar-refractivity contribution in [2.45, 2.75) is 72.3 Å². The van der Waals surface area contributed by atoms with Crippen molar-refractivity contribution in [2.75, 3.05) is 19.6 Å². The van der Waals surface area contributed by atoms with Crippen LogP contribution in [0.2, 0.25) is 6.04 Å². The van der Waals surface area contributed by atoms with Crippen LogP contribution >= 0.6 is 0 Å². The van der Waals surface area contributed by atoms with E-state index in [1.54, 1.807) is 0 Å². The standard InChI is InChI=1S/C14H35N3Si/c1-5-9-12-15-18(8-4,16-13-10-6-2)17-14-11-7-3/h15-17H,5-14H2,1-4H3. The van der Waals surface area contributed by atoms with E-state index in [-0.39, 0.29) is 0 Å². The molecule has 0 aromatic carbocycles. The van der Waals surface area contributed by atoms with Crippen LogP contribution in [0.5, 0.6) is 0 Å². The lowest BCUT2D eigenvalue weighted by atomic mass is 10.3. The van der Waals surface area contributed by atoms with Crippen LogP contribution in [-0.4, -0.2) is 28.2 Å². The van der Waals surface area contributed by atoms with Gasteiger partial charge in [-0.3, -0.25) is 0 Å². The van der Waals surface area contributed by atoms with Crippen LogP contribution in [-0.2, 0) is 0 Å². The average molecular weight is 274 g/mol. The Kier molecular flexibility index (Phi) is 12.2. The fourth-order valence-electron chi connectivity index (χ4n) is 2.00. The summed E-state index contributed by atoms with van der Waals surface area (Å²) in [5.74, 6) is 0. The number of rotatable bonds is 13. The van der Waals surface area contributed by atoms with E-state index in [9.17, 15) is 0 Å². The molecular formula is C14H35N3Si. The van der Waals surface area contributed by atoms with Crippen LogP contribution in [0.1, 0.15) is 66.2 Å². The van der Waals surface area contributed by atoms with Crippen molar-refractivity contribution in [1.82, 2.24) is 14.9 Å². The zero-order chi connectivity index (χ0) is 13.7. The SMILES string of the molecule is CCCCN[Si](CC)(NCCCC)NCCCC. The van der Waals surface area contributed by atoms with Crippen molar-refractivity contribution in [3.05, 3.63) is 0 Å². The monoisotopic (exact) mass is 273 g/mol. The quantitative estimate of drug-likeness (QED) is 0.356. The van der Waals surface area contributed by atoms with E-state index in [1.807, 2.05) is 0 Å². The van der Waals surface area contributed by atoms with Crippen molar-refractivity contribution in [2.24, 2.45) is 0 Å². The highest BCUT2D eigenvalue weighted by Gasteiger charge is 2.30. The van der Waals surface area contributed by atoms with Gasteiger partial charge in [-0.05, 0) is 44.9 Å². The minimum atomic E-state index is -1.63. The summed E-state index contributed by atoms with van der Waals surface area (Å²) >= 11 is 0. The Balaban J connectivity index is 4.20. The third kappa shape index (κ3) is 8.24. The average Bonchev–Trinajstić information content (AvgIpc) is 2.39. The predicted octanol–water partition coefficient (Wildman–Crippen LogP) is 3.11. The van der Waals surface area contributed by atoms with E-state index in [2.05, 4.69) is 42.6 Å². The molecule has 0 aliphatic carbocycles. The van der Waals surface area contributed by atoms with Gasteiger partial charge in [0.05, 0.1) is 0 Å². The molecule has 0 radical (unpaired) electrons. The number of hydrogen-bond donors (Lipinski definition) is 3. The lowest BCUT2D eigenvalue weighted by molar-refractivity contribution is 0.653. The molecule has 0 rings (SSSR count). The molecule has 110 valence electrons. The normalized spacial score (nSPS) is 12.0. The number of unbranched alkanes of at least 4 members (excludes halogenated alkanes) is 3. The molecule has 0 aliphatic rings. The van der Waals surface area contributed by atoms with Crippen LogP contribution in [0.4, 0.5) is 0 Å². The molecule has 0 unspecified atom stereocenters. The molecule has 0 saturated carbocycles. The molecule has 0 aromatic rings. The Morgan fingerprint density at radius 2 is 0.944 bits per heavy atom. The van der Waals surface area contributed by atoms with Crippen molar-refractivity contribution in [1.29, 1.82) is 0 Å². The first-order valence-electron chi connectivity index (χ1n) is 7.99. The van der Waals surface area contributed by atoms with E-state index < -0.39 is 8.56 Å². The highest BCUT2D eigenvalue weighted by molar-refractivity contribution is 6.72. The molecular weight excluding hydrogens is 238 g/mol. The van der Waals surface area contributed by atoms with E-state index in [0.29, 0.717) is 0 Å². The summed E-state index contributed by atoms with van der Waals surface area (Å²) in [4.78, 5) is 11.5. The van der Waals surface area contributed by atoms with Crippen molar-refractivity contribution in [3.8, 4) is 0 Å². The van der Waals surface area contributed by atoms with Gasteiger partial charge >= 0.3 is 0 Å². The summed E-state index contributed by atoms with van der Waals surface area (Å²) in [6, 6.07) is 1.21. The van der Waals surface area contributed by atoms with E-state index in [1.165, 1.54) is 44.6 Å². The lowest BCUT2D eigenvalue weighted by Crippen LogP contribution is -2.72. The highest BCUT2D eigenvalue weighted by Crippen LogP contribution is 2.00. The lowest BCUT2D eigenvalue weighted by Gasteiger charge is -2.33. The molecule has 0 spiro atoms. The van der Waals surface area contributed by atoms with Crippen molar-refractivity contribution in [3.63, 3.8) is 0 Å². The molecule has 3 N–H and O–H groups in total. The predicted molar refractivity (Wildman–Crippen MR) is 85.0 cm³/mol. The van der Waals surface area contributed by atoms with Crippen LogP contribution in [0.15, 0.2) is 0 Å². The van der Waals surface area contributed by atoms with Crippen LogP contribution in [0.3, 0.4) is 0 Å². The molecule has 0 heterocycles. The van der Waals surface area contributed by atoms with Gasteiger partial charge in [-0.2, -0.15) is 0 Å². The Morgan fingerprint density at radius 3 is 1.17 bits per heavy atom. The third-order valence-corrected chi connectivity index (χ3v) is 7.02. The van der Waals surface area contributed by atoms with Gasteiger partial charge in [0.15, 0.2) is 0 Å². The maximum atomic E-state index is 3.82. The van der Waals surface area contributed by atoms with Gasteiger partial charge in [-0.15, -0.1) is 0 Å². The molecule has 0 saturated heterocycles. The second kappa shape index (κ2) is 12.1. The molecule has 0 atom stereocenters. The first kappa shape index (κ1) is 18.1. The van der Waals surface area contributed by atoms with Gasteiger partial charge in [-0.25, -0.2) is 0 Å². The zero-order valence-electron chi connectivity index (χ0n) is 13.1. The maximum absolute atomic E-state index is 3.82. The maximum Gasteiger partial charge on any atom is 0.281 e. The summed E-state index contributed by atoms with van der Waals surface area (Å²) in [7, 11) is -1.63. The molecule has 3 nitrogen and oxygen atoms in total. The van der Waals surface area contributed by atoms with Crippen LogP contribution in [0, 0.1) is 0 Å². The zero-order valence-corrected chi connectivity index (χ0v) is 14.1. The molecule has 18 heavy (non-hydrogen) atoms. The number of nitrogens with one attached hydrogen (secondary N) is 3. The highest BCUT2D eigenvalue weighted by atomic mass is 28.4. The summed E-state index contributed by atoms with van der Waals surface area (Å²) < 4.78 is 0. The fraction of sp³-hybridized carbons (Fsp3) is 1.00. The number of hydrogen-bond acceptors (Lipinski definition) is 3. The molecule has 0 bridgehead atoms. The topological polar surface area (TPSA) is 36.1 Å². The fourth-order valence-corrected chi connectivity index (χ4v) is 4.93. The molecule has 0 aromatic heterocycles. The van der Waals surface area contributed by atoms with E-state index in [4.69, 9.17) is 0 Å². The molecule has 0 fully saturated rings. The second-order valence-corrected chi connectivity index (χ2v) is 8.68. The van der Waals surface area contributed by atoms with Gasteiger partial charge in [0, 0.05) is 0 Å². The molecule has 0 amide bonds. The Morgan fingerprint density at radius 1 is 0.611 bits per heavy atom. The smallest absolute Gasteiger partial charge is 0.281 e. The van der Waals surface area contributed by atoms with Crippen LogP contribution in [0.25, 0.3) is 0 Å². The minimum absolute atomic E-state index is 1.15. The Bertz CT molecular complexity index is 150. The van der Waals surface area contributed by atoms with Crippen LogP contribution < -0.4 is 14.9 Å². The Labute approximate surface area is 116 Å². The van der Waals surface area contributed by atoms with Gasteiger partial charge in [0.2, 0.25) is 0 Å². The summed E-state index contributed by atoms with van der Waals surface area (Å²) in [5, 5.41) is 0. The Hall–Kier alpha value is 0.0969. The summed E-state index contributed by atoms with van der Waals surface area (Å²) in [6.07, 6.45) is 7.64. The first-order chi connectivity index (χ1) is 8.74. The van der Waals surface area contributed by atoms with Gasteiger partial charge in [0.25, 0.3) is 8.56 Å². The van der Waals surface area contributed by atoms with Gasteiger partial charge in [-0.1, -0.05) is 47.0 Å². The van der Waals surface area contributed by atoms with E-state index >= 15 is 0 Å². The second-order valence-electron chi connectivity index (χ2n) is 5.10. The molecule has 4 heteroatoms. The van der Waals surface area contributed by atoms with Crippen molar-refractivity contribution >= 4 is 8.56 Å². The first-order valence-corrected chi connectivity index (χ1v) is 10.2. The molecule has 0 aliphatic heterocycles. The van der Waals surface area contributed by atoms with Gasteiger partial charge in [0.1, 0.15) is 0 Å². The van der Waals surface area contributed by atoms with E-state index in [0.717, 1.165) is 19.6 Å². The summed E-state index contributed by atoms with van der Waals surface area (Å²) in [5.41, 5.74) is 0. The largest absolute Gasteiger partial charge is 0.313 e. The van der Waals surface area contributed by atoms with Gasteiger partial charge < -0.3 is 14.9 Å². The summed E-state index contributed by atoms with van der Waals surface area (Å²) in [6.45, 7) is 12.5. The minimum Gasteiger partial charge on any atom is -0.313 e.